The fourth-order valence-corrected chi connectivity index (χ4v) is 1.06. The van der Waals surface area contributed by atoms with Crippen LogP contribution in [-0.4, -0.2) is 30.9 Å². The standard InChI is InChI=1S/C10H8F3NO4/c1-17-8-4-6(9(15)16)2-3-7(8)14-5-18-10(11,12)13/h2-5H,1H3,(H,15,16). The van der Waals surface area contributed by atoms with Crippen molar-refractivity contribution in [2.24, 2.45) is 4.99 Å². The molecule has 0 aliphatic heterocycles. The number of benzene rings is 1. The lowest BCUT2D eigenvalue weighted by atomic mass is 10.2. The molecule has 0 atom stereocenters. The lowest BCUT2D eigenvalue weighted by Gasteiger charge is -2.06. The number of ether oxygens (including phenoxy) is 2. The number of carboxylic acid groups (broad SMARTS) is 1. The molecule has 18 heavy (non-hydrogen) atoms. The summed E-state index contributed by atoms with van der Waals surface area (Å²) in [6, 6.07) is 3.53. The molecule has 0 radical (unpaired) electrons. The summed E-state index contributed by atoms with van der Waals surface area (Å²) in [6.45, 7) is 0. The van der Waals surface area contributed by atoms with Crippen LogP contribution in [0.3, 0.4) is 0 Å². The lowest BCUT2D eigenvalue weighted by Crippen LogP contribution is -2.11. The summed E-state index contributed by atoms with van der Waals surface area (Å²) in [5, 5.41) is 8.71. The van der Waals surface area contributed by atoms with Gasteiger partial charge in [0.2, 0.25) is 0 Å². The number of rotatable bonds is 4. The molecule has 1 N–H and O–H groups in total. The van der Waals surface area contributed by atoms with Crippen LogP contribution in [0.1, 0.15) is 10.4 Å². The van der Waals surface area contributed by atoms with Gasteiger partial charge < -0.3 is 14.6 Å². The first kappa shape index (κ1) is 13.8. The Kier molecular flexibility index (Phi) is 4.13. The number of methoxy groups -OCH3 is 1. The van der Waals surface area contributed by atoms with Crippen molar-refractivity contribution >= 4 is 18.1 Å². The zero-order valence-electron chi connectivity index (χ0n) is 9.06. The third kappa shape index (κ3) is 3.96. The van der Waals surface area contributed by atoms with E-state index in [1.165, 1.54) is 19.2 Å². The number of hydrogen-bond donors (Lipinski definition) is 1. The molecule has 0 aliphatic carbocycles. The smallest absolute Gasteiger partial charge is 0.494 e. The van der Waals surface area contributed by atoms with Gasteiger partial charge in [0.25, 0.3) is 0 Å². The third-order valence-electron chi connectivity index (χ3n) is 1.80. The summed E-state index contributed by atoms with van der Waals surface area (Å²) in [7, 11) is 1.24. The van der Waals surface area contributed by atoms with Crippen molar-refractivity contribution in [3.05, 3.63) is 23.8 Å². The molecule has 98 valence electrons. The quantitative estimate of drug-likeness (QED) is 0.669. The Bertz CT molecular complexity index is 471. The molecule has 0 saturated carbocycles. The van der Waals surface area contributed by atoms with Crippen molar-refractivity contribution in [3.63, 3.8) is 0 Å². The lowest BCUT2D eigenvalue weighted by molar-refractivity contribution is -0.280. The normalized spacial score (nSPS) is 11.6. The number of nitrogens with zero attached hydrogens (tertiary/aromatic N) is 1. The van der Waals surface area contributed by atoms with Crippen molar-refractivity contribution in [2.45, 2.75) is 6.36 Å². The predicted molar refractivity (Wildman–Crippen MR) is 55.2 cm³/mol. The molecule has 0 saturated heterocycles. The second kappa shape index (κ2) is 5.39. The van der Waals surface area contributed by atoms with Crippen molar-refractivity contribution in [3.8, 4) is 5.75 Å². The minimum atomic E-state index is -4.82. The molecule has 0 bridgehead atoms. The molecule has 1 aromatic rings. The monoisotopic (exact) mass is 263 g/mol. The van der Waals surface area contributed by atoms with E-state index in [4.69, 9.17) is 9.84 Å². The first-order chi connectivity index (χ1) is 8.33. The van der Waals surface area contributed by atoms with Gasteiger partial charge in [0.1, 0.15) is 11.4 Å². The molecule has 0 fully saturated rings. The number of hydrogen-bond acceptors (Lipinski definition) is 4. The summed E-state index contributed by atoms with van der Waals surface area (Å²) in [5.41, 5.74) is -0.0470. The van der Waals surface area contributed by atoms with Crippen LogP contribution in [0.15, 0.2) is 23.2 Å². The molecule has 1 rings (SSSR count). The molecule has 0 aromatic heterocycles. The topological polar surface area (TPSA) is 68.1 Å². The second-order valence-corrected chi connectivity index (χ2v) is 2.99. The highest BCUT2D eigenvalue weighted by Crippen LogP contribution is 2.28. The zero-order valence-corrected chi connectivity index (χ0v) is 9.06. The van der Waals surface area contributed by atoms with Gasteiger partial charge >= 0.3 is 12.3 Å². The molecule has 0 spiro atoms. The molecule has 0 heterocycles. The molecule has 0 unspecified atom stereocenters. The number of carboxylic acids is 1. The molecule has 5 nitrogen and oxygen atoms in total. The van der Waals surface area contributed by atoms with E-state index in [-0.39, 0.29) is 23.4 Å². The van der Waals surface area contributed by atoms with Gasteiger partial charge in [0, 0.05) is 0 Å². The van der Waals surface area contributed by atoms with Crippen LogP contribution in [-0.2, 0) is 4.74 Å². The van der Waals surface area contributed by atoms with E-state index >= 15 is 0 Å². The van der Waals surface area contributed by atoms with E-state index in [2.05, 4.69) is 9.73 Å². The van der Waals surface area contributed by atoms with Crippen molar-refractivity contribution < 1.29 is 32.5 Å². The highest BCUT2D eigenvalue weighted by Gasteiger charge is 2.29. The number of carbonyl (C=O) groups is 1. The Morgan fingerprint density at radius 3 is 2.61 bits per heavy atom. The summed E-state index contributed by atoms with van der Waals surface area (Å²) < 4.78 is 43.2. The van der Waals surface area contributed by atoms with Crippen LogP contribution >= 0.6 is 0 Å². The van der Waals surface area contributed by atoms with E-state index in [1.807, 2.05) is 0 Å². The fraction of sp³-hybridized carbons (Fsp3) is 0.200. The van der Waals surface area contributed by atoms with E-state index in [0.29, 0.717) is 0 Å². The minimum Gasteiger partial charge on any atom is -0.494 e. The molecule has 1 aromatic carbocycles. The van der Waals surface area contributed by atoms with Gasteiger partial charge in [-0.1, -0.05) is 0 Å². The van der Waals surface area contributed by atoms with Gasteiger partial charge in [-0.25, -0.2) is 9.79 Å². The van der Waals surface area contributed by atoms with Gasteiger partial charge in [0.15, 0.2) is 6.40 Å². The maximum atomic E-state index is 11.7. The summed E-state index contributed by atoms with van der Waals surface area (Å²) in [6.07, 6.45) is -4.62. The average molecular weight is 263 g/mol. The Hall–Kier alpha value is -2.25. The molecular formula is C10H8F3NO4. The molecule has 0 aliphatic rings. The SMILES string of the molecule is COc1cc(C(=O)O)ccc1N=COC(F)(F)F. The van der Waals surface area contributed by atoms with E-state index in [0.717, 1.165) is 6.07 Å². The highest BCUT2D eigenvalue weighted by atomic mass is 19.4. The van der Waals surface area contributed by atoms with Gasteiger partial charge in [0.05, 0.1) is 12.7 Å². The summed E-state index contributed by atoms with van der Waals surface area (Å²) in [5.74, 6) is -1.16. The molecule has 0 amide bonds. The van der Waals surface area contributed by atoms with Crippen LogP contribution < -0.4 is 4.74 Å². The van der Waals surface area contributed by atoms with Gasteiger partial charge in [-0.2, -0.15) is 0 Å². The number of halogens is 3. The van der Waals surface area contributed by atoms with Crippen LogP contribution in [0.2, 0.25) is 0 Å². The number of alkyl halides is 3. The Balaban J connectivity index is 2.93. The highest BCUT2D eigenvalue weighted by molar-refractivity contribution is 5.89. The zero-order chi connectivity index (χ0) is 13.8. The van der Waals surface area contributed by atoms with Crippen molar-refractivity contribution in [2.75, 3.05) is 7.11 Å². The maximum Gasteiger partial charge on any atom is 0.573 e. The van der Waals surface area contributed by atoms with Crippen molar-refractivity contribution in [1.29, 1.82) is 0 Å². The van der Waals surface area contributed by atoms with Crippen LogP contribution in [0.4, 0.5) is 18.9 Å². The number of aromatic carboxylic acids is 1. The summed E-state index contributed by atoms with van der Waals surface area (Å²) in [4.78, 5) is 14.0. The van der Waals surface area contributed by atoms with Crippen LogP contribution in [0.5, 0.6) is 5.75 Å². The Labute approximate surface area is 99.5 Å². The first-order valence-corrected chi connectivity index (χ1v) is 4.52. The average Bonchev–Trinajstić information content (AvgIpc) is 2.27. The Morgan fingerprint density at radius 1 is 1.44 bits per heavy atom. The summed E-state index contributed by atoms with van der Waals surface area (Å²) >= 11 is 0. The number of aliphatic imine (C=N–C) groups is 1. The predicted octanol–water partition coefficient (Wildman–Crippen LogP) is 2.59. The van der Waals surface area contributed by atoms with E-state index in [9.17, 15) is 18.0 Å². The minimum absolute atomic E-state index is 0.0201. The maximum absolute atomic E-state index is 11.7. The first-order valence-electron chi connectivity index (χ1n) is 4.52. The van der Waals surface area contributed by atoms with Crippen molar-refractivity contribution in [1.82, 2.24) is 0 Å². The van der Waals surface area contributed by atoms with Crippen LogP contribution in [0, 0.1) is 0 Å². The Morgan fingerprint density at radius 2 is 2.11 bits per heavy atom. The van der Waals surface area contributed by atoms with Gasteiger partial charge in [-0.3, -0.25) is 0 Å². The third-order valence-corrected chi connectivity index (χ3v) is 1.80. The van der Waals surface area contributed by atoms with Gasteiger partial charge in [-0.15, -0.1) is 13.2 Å². The second-order valence-electron chi connectivity index (χ2n) is 2.99. The molecular weight excluding hydrogens is 255 g/mol. The molecule has 8 heteroatoms. The van der Waals surface area contributed by atoms with Crippen LogP contribution in [0.25, 0.3) is 0 Å². The fourth-order valence-electron chi connectivity index (χ4n) is 1.06. The van der Waals surface area contributed by atoms with E-state index < -0.39 is 12.3 Å². The largest absolute Gasteiger partial charge is 0.573 e. The van der Waals surface area contributed by atoms with Gasteiger partial charge in [-0.05, 0) is 18.2 Å². The van der Waals surface area contributed by atoms with E-state index in [1.54, 1.807) is 0 Å².